The van der Waals surface area contributed by atoms with E-state index < -0.39 is 17.6 Å². The molecule has 0 aromatic heterocycles. The Hall–Kier alpha value is -2.44. The first kappa shape index (κ1) is 17.4. The molecule has 2 aliphatic rings. The minimum atomic E-state index is -0.858. The monoisotopic (exact) mass is 347 g/mol. The van der Waals surface area contributed by atoms with Crippen LogP contribution in [0.25, 0.3) is 0 Å². The molecule has 0 atom stereocenters. The molecular formula is C18H22FN3O3. The number of carbonyl (C=O) groups is 3. The number of benzene rings is 1. The van der Waals surface area contributed by atoms with Crippen molar-refractivity contribution in [2.75, 3.05) is 31.5 Å². The average Bonchev–Trinajstić information content (AvgIpc) is 2.56. The molecule has 0 radical (unpaired) electrons. The zero-order valence-electron chi connectivity index (χ0n) is 14.3. The standard InChI is InChI=1S/C18H22FN3O3/c1-12-5-6-14(19)15(11-12)20-16(23)18(25)22-9-7-21(8-10-22)17(24)13-3-2-4-13/h5-6,11,13H,2-4,7-10H2,1H3,(H,20,23). The molecule has 1 N–H and O–H groups in total. The van der Waals surface area contributed by atoms with Crippen LogP contribution in [0.2, 0.25) is 0 Å². The van der Waals surface area contributed by atoms with E-state index in [-0.39, 0.29) is 17.5 Å². The summed E-state index contributed by atoms with van der Waals surface area (Å²) in [6.07, 6.45) is 3.00. The summed E-state index contributed by atoms with van der Waals surface area (Å²) < 4.78 is 13.7. The van der Waals surface area contributed by atoms with Gasteiger partial charge in [-0.3, -0.25) is 14.4 Å². The van der Waals surface area contributed by atoms with E-state index in [0.29, 0.717) is 26.2 Å². The third-order valence-electron chi connectivity index (χ3n) is 4.90. The topological polar surface area (TPSA) is 69.7 Å². The van der Waals surface area contributed by atoms with Gasteiger partial charge < -0.3 is 15.1 Å². The maximum absolute atomic E-state index is 13.7. The Balaban J connectivity index is 1.54. The first-order valence-corrected chi connectivity index (χ1v) is 8.61. The highest BCUT2D eigenvalue weighted by Gasteiger charge is 2.33. The van der Waals surface area contributed by atoms with Gasteiger partial charge in [0.05, 0.1) is 5.69 Å². The molecular weight excluding hydrogens is 325 g/mol. The zero-order valence-corrected chi connectivity index (χ0v) is 14.3. The number of hydrogen-bond acceptors (Lipinski definition) is 3. The van der Waals surface area contributed by atoms with Gasteiger partial charge in [-0.15, -0.1) is 0 Å². The Morgan fingerprint density at radius 3 is 2.32 bits per heavy atom. The number of amides is 3. The fourth-order valence-corrected chi connectivity index (χ4v) is 3.10. The third kappa shape index (κ3) is 3.81. The van der Waals surface area contributed by atoms with Crippen molar-refractivity contribution in [2.24, 2.45) is 5.92 Å². The molecule has 2 fully saturated rings. The molecule has 1 saturated carbocycles. The molecule has 25 heavy (non-hydrogen) atoms. The smallest absolute Gasteiger partial charge is 0.313 e. The Morgan fingerprint density at radius 1 is 1.08 bits per heavy atom. The Bertz CT molecular complexity index is 695. The number of aryl methyl sites for hydroxylation is 1. The largest absolute Gasteiger partial charge is 0.339 e. The van der Waals surface area contributed by atoms with E-state index in [2.05, 4.69) is 5.32 Å². The lowest BCUT2D eigenvalue weighted by molar-refractivity contribution is -0.147. The van der Waals surface area contributed by atoms with Crippen LogP contribution in [-0.4, -0.2) is 53.7 Å². The highest BCUT2D eigenvalue weighted by atomic mass is 19.1. The van der Waals surface area contributed by atoms with Gasteiger partial charge in [-0.25, -0.2) is 4.39 Å². The van der Waals surface area contributed by atoms with E-state index in [9.17, 15) is 18.8 Å². The minimum absolute atomic E-state index is 0.00264. The van der Waals surface area contributed by atoms with Crippen molar-refractivity contribution in [3.05, 3.63) is 29.6 Å². The van der Waals surface area contributed by atoms with Crippen molar-refractivity contribution in [1.29, 1.82) is 0 Å². The van der Waals surface area contributed by atoms with Gasteiger partial charge in [0.1, 0.15) is 5.82 Å². The van der Waals surface area contributed by atoms with Gasteiger partial charge in [0, 0.05) is 32.1 Å². The number of carbonyl (C=O) groups excluding carboxylic acids is 3. The second-order valence-corrected chi connectivity index (χ2v) is 6.68. The molecule has 3 rings (SSSR count). The fraction of sp³-hybridized carbons (Fsp3) is 0.500. The van der Waals surface area contributed by atoms with Gasteiger partial charge in [-0.05, 0) is 37.5 Å². The highest BCUT2D eigenvalue weighted by molar-refractivity contribution is 6.39. The van der Waals surface area contributed by atoms with E-state index in [1.165, 1.54) is 17.0 Å². The molecule has 1 aliphatic heterocycles. The predicted molar refractivity (Wildman–Crippen MR) is 90.3 cm³/mol. The van der Waals surface area contributed by atoms with Crippen LogP contribution in [0.3, 0.4) is 0 Å². The molecule has 1 aromatic carbocycles. The summed E-state index contributed by atoms with van der Waals surface area (Å²) in [4.78, 5) is 39.8. The number of nitrogens with one attached hydrogen (secondary N) is 1. The average molecular weight is 347 g/mol. The SMILES string of the molecule is Cc1ccc(F)c(NC(=O)C(=O)N2CCN(C(=O)C3CCC3)CC2)c1. The van der Waals surface area contributed by atoms with Crippen LogP contribution in [-0.2, 0) is 14.4 Å². The fourth-order valence-electron chi connectivity index (χ4n) is 3.10. The quantitative estimate of drug-likeness (QED) is 0.825. The van der Waals surface area contributed by atoms with Gasteiger partial charge in [-0.1, -0.05) is 12.5 Å². The van der Waals surface area contributed by atoms with Crippen LogP contribution in [0, 0.1) is 18.7 Å². The molecule has 1 heterocycles. The predicted octanol–water partition coefficient (Wildman–Crippen LogP) is 1.54. The van der Waals surface area contributed by atoms with E-state index in [0.717, 1.165) is 24.8 Å². The van der Waals surface area contributed by atoms with Gasteiger partial charge in [-0.2, -0.15) is 0 Å². The summed E-state index contributed by atoms with van der Waals surface area (Å²) in [5, 5.41) is 2.33. The molecule has 0 spiro atoms. The number of nitrogens with zero attached hydrogens (tertiary/aromatic N) is 2. The lowest BCUT2D eigenvalue weighted by atomic mass is 9.84. The number of halogens is 1. The van der Waals surface area contributed by atoms with Crippen molar-refractivity contribution < 1.29 is 18.8 Å². The maximum atomic E-state index is 13.7. The molecule has 7 heteroatoms. The molecule has 0 bridgehead atoms. The van der Waals surface area contributed by atoms with Crippen LogP contribution in [0.15, 0.2) is 18.2 Å². The number of hydrogen-bond donors (Lipinski definition) is 1. The number of piperazine rings is 1. The molecule has 1 aliphatic carbocycles. The maximum Gasteiger partial charge on any atom is 0.313 e. The molecule has 0 unspecified atom stereocenters. The lowest BCUT2D eigenvalue weighted by Crippen LogP contribution is -2.54. The van der Waals surface area contributed by atoms with Crippen LogP contribution >= 0.6 is 0 Å². The van der Waals surface area contributed by atoms with Crippen LogP contribution < -0.4 is 5.32 Å². The lowest BCUT2D eigenvalue weighted by Gasteiger charge is -2.37. The summed E-state index contributed by atoms with van der Waals surface area (Å²) in [5.74, 6) is -1.85. The van der Waals surface area contributed by atoms with Crippen molar-refractivity contribution in [3.8, 4) is 0 Å². The van der Waals surface area contributed by atoms with Gasteiger partial charge in [0.25, 0.3) is 0 Å². The van der Waals surface area contributed by atoms with E-state index >= 15 is 0 Å². The zero-order chi connectivity index (χ0) is 18.0. The van der Waals surface area contributed by atoms with Crippen LogP contribution in [0.1, 0.15) is 24.8 Å². The Labute approximate surface area is 146 Å². The van der Waals surface area contributed by atoms with Crippen molar-refractivity contribution >= 4 is 23.4 Å². The normalized spacial score (nSPS) is 17.8. The van der Waals surface area contributed by atoms with Gasteiger partial charge in [0.15, 0.2) is 0 Å². The number of rotatable bonds is 2. The molecule has 1 aromatic rings. The summed E-state index contributed by atoms with van der Waals surface area (Å²) in [7, 11) is 0. The second-order valence-electron chi connectivity index (χ2n) is 6.68. The molecule has 1 saturated heterocycles. The van der Waals surface area contributed by atoms with Crippen molar-refractivity contribution in [2.45, 2.75) is 26.2 Å². The third-order valence-corrected chi connectivity index (χ3v) is 4.90. The van der Waals surface area contributed by atoms with E-state index in [1.54, 1.807) is 17.9 Å². The summed E-state index contributed by atoms with van der Waals surface area (Å²) in [6, 6.07) is 4.32. The second kappa shape index (κ2) is 7.21. The number of anilines is 1. The minimum Gasteiger partial charge on any atom is -0.339 e. The Morgan fingerprint density at radius 2 is 1.72 bits per heavy atom. The van der Waals surface area contributed by atoms with Crippen molar-refractivity contribution in [1.82, 2.24) is 9.80 Å². The molecule has 134 valence electrons. The summed E-state index contributed by atoms with van der Waals surface area (Å²) in [5.41, 5.74) is 0.782. The summed E-state index contributed by atoms with van der Waals surface area (Å²) >= 11 is 0. The summed E-state index contributed by atoms with van der Waals surface area (Å²) in [6.45, 7) is 3.29. The van der Waals surface area contributed by atoms with Crippen LogP contribution in [0.5, 0.6) is 0 Å². The van der Waals surface area contributed by atoms with Crippen LogP contribution in [0.4, 0.5) is 10.1 Å². The molecule has 3 amide bonds. The van der Waals surface area contributed by atoms with E-state index in [1.807, 2.05) is 0 Å². The van der Waals surface area contributed by atoms with E-state index in [4.69, 9.17) is 0 Å². The van der Waals surface area contributed by atoms with Crippen molar-refractivity contribution in [3.63, 3.8) is 0 Å². The van der Waals surface area contributed by atoms with Gasteiger partial charge in [0.2, 0.25) is 5.91 Å². The highest BCUT2D eigenvalue weighted by Crippen LogP contribution is 2.28. The Kier molecular flexibility index (Phi) is 5.01. The molecule has 6 nitrogen and oxygen atoms in total. The first-order valence-electron chi connectivity index (χ1n) is 8.61. The van der Waals surface area contributed by atoms with Gasteiger partial charge >= 0.3 is 11.8 Å². The first-order chi connectivity index (χ1) is 12.0.